The molecule has 1 atom stereocenters. The third kappa shape index (κ3) is 3.97. The van der Waals surface area contributed by atoms with Crippen molar-refractivity contribution in [3.05, 3.63) is 53.1 Å². The number of halogens is 2. The minimum Gasteiger partial charge on any atom is -0.493 e. The topological polar surface area (TPSA) is 82.1 Å². The zero-order chi connectivity index (χ0) is 22.1. The Labute approximate surface area is 173 Å². The molecule has 1 aliphatic heterocycles. The molecule has 0 amide bonds. The Bertz CT molecular complexity index is 1070. The second-order valence-electron chi connectivity index (χ2n) is 6.64. The monoisotopic (exact) mass is 441 g/mol. The largest absolute Gasteiger partial charge is 0.493 e. The number of fused-ring (bicyclic) bond motifs is 1. The van der Waals surface area contributed by atoms with Gasteiger partial charge in [-0.25, -0.2) is 17.2 Å². The van der Waals surface area contributed by atoms with Crippen LogP contribution in [0.2, 0.25) is 0 Å². The maximum atomic E-state index is 14.3. The molecule has 2 aromatic rings. The standard InChI is InChI=1S/C20H21F2NO6S/c1-27-17-8-12-6-7-23(30(25,26)19-5-4-13(21)9-15(19)22)16(11-20(24)29-3)14(12)10-18(17)28-2/h4-5,8-10,16H,6-7,11H2,1-3H3. The van der Waals surface area contributed by atoms with Gasteiger partial charge in [0.05, 0.1) is 33.8 Å². The number of hydrogen-bond acceptors (Lipinski definition) is 6. The fourth-order valence-corrected chi connectivity index (χ4v) is 5.21. The van der Waals surface area contributed by atoms with Crippen LogP contribution in [0.25, 0.3) is 0 Å². The number of sulfonamides is 1. The first-order valence-electron chi connectivity index (χ1n) is 9.01. The fourth-order valence-electron chi connectivity index (χ4n) is 3.56. The number of nitrogens with zero attached hydrogens (tertiary/aromatic N) is 1. The predicted molar refractivity (Wildman–Crippen MR) is 103 cm³/mol. The number of carbonyl (C=O) groups is 1. The molecule has 3 rings (SSSR count). The number of benzene rings is 2. The predicted octanol–water partition coefficient (Wildman–Crippen LogP) is 2.83. The summed E-state index contributed by atoms with van der Waals surface area (Å²) in [5.74, 6) is -1.90. The minimum absolute atomic E-state index is 0.0106. The molecule has 0 fully saturated rings. The summed E-state index contributed by atoms with van der Waals surface area (Å²) in [6.45, 7) is -0.0106. The molecule has 0 saturated heterocycles. The molecule has 1 aliphatic rings. The van der Waals surface area contributed by atoms with Crippen LogP contribution < -0.4 is 9.47 Å². The smallest absolute Gasteiger partial charge is 0.307 e. The highest BCUT2D eigenvalue weighted by molar-refractivity contribution is 7.89. The SMILES string of the molecule is COC(=O)CC1c2cc(OC)c(OC)cc2CCN1S(=O)(=O)c1ccc(F)cc1F. The fraction of sp³-hybridized carbons (Fsp3) is 0.350. The molecule has 10 heteroatoms. The van der Waals surface area contributed by atoms with Crippen molar-refractivity contribution >= 4 is 16.0 Å². The van der Waals surface area contributed by atoms with E-state index in [0.29, 0.717) is 29.5 Å². The molecule has 0 radical (unpaired) electrons. The second kappa shape index (κ2) is 8.57. The van der Waals surface area contributed by atoms with Gasteiger partial charge in [0.25, 0.3) is 0 Å². The van der Waals surface area contributed by atoms with E-state index >= 15 is 0 Å². The normalized spacial score (nSPS) is 16.6. The number of carbonyl (C=O) groups excluding carboxylic acids is 1. The van der Waals surface area contributed by atoms with Gasteiger partial charge in [0.15, 0.2) is 11.5 Å². The van der Waals surface area contributed by atoms with E-state index in [-0.39, 0.29) is 13.0 Å². The van der Waals surface area contributed by atoms with Gasteiger partial charge in [0.2, 0.25) is 10.0 Å². The summed E-state index contributed by atoms with van der Waals surface area (Å²) in [4.78, 5) is 11.4. The summed E-state index contributed by atoms with van der Waals surface area (Å²) in [5, 5.41) is 0. The van der Waals surface area contributed by atoms with Crippen LogP contribution in [0.5, 0.6) is 11.5 Å². The molecule has 0 spiro atoms. The van der Waals surface area contributed by atoms with E-state index in [0.717, 1.165) is 22.0 Å². The Morgan fingerprint density at radius 1 is 1.10 bits per heavy atom. The average Bonchev–Trinajstić information content (AvgIpc) is 2.72. The van der Waals surface area contributed by atoms with Crippen LogP contribution in [0.1, 0.15) is 23.6 Å². The Hall–Kier alpha value is -2.72. The average molecular weight is 441 g/mol. The van der Waals surface area contributed by atoms with Crippen LogP contribution in [0, 0.1) is 11.6 Å². The number of hydrogen-bond donors (Lipinski definition) is 0. The Balaban J connectivity index is 2.14. The number of methoxy groups -OCH3 is 3. The highest BCUT2D eigenvalue weighted by Crippen LogP contribution is 2.41. The van der Waals surface area contributed by atoms with Crippen molar-refractivity contribution in [1.29, 1.82) is 0 Å². The summed E-state index contributed by atoms with van der Waals surface area (Å²) < 4.78 is 70.4. The Morgan fingerprint density at radius 2 is 1.77 bits per heavy atom. The molecular formula is C20H21F2NO6S. The molecule has 0 bridgehead atoms. The summed E-state index contributed by atoms with van der Waals surface area (Å²) >= 11 is 0. The minimum atomic E-state index is -4.38. The van der Waals surface area contributed by atoms with Gasteiger partial charge in [0, 0.05) is 12.6 Å². The van der Waals surface area contributed by atoms with Crippen molar-refractivity contribution in [2.24, 2.45) is 0 Å². The van der Waals surface area contributed by atoms with E-state index in [2.05, 4.69) is 0 Å². The van der Waals surface area contributed by atoms with E-state index in [9.17, 15) is 22.0 Å². The van der Waals surface area contributed by atoms with Gasteiger partial charge in [-0.3, -0.25) is 4.79 Å². The van der Waals surface area contributed by atoms with E-state index in [1.807, 2.05) is 0 Å². The molecule has 1 unspecified atom stereocenters. The molecule has 2 aromatic carbocycles. The molecule has 0 saturated carbocycles. The van der Waals surface area contributed by atoms with Crippen LogP contribution in [0.15, 0.2) is 35.2 Å². The Kier molecular flexibility index (Phi) is 6.27. The van der Waals surface area contributed by atoms with E-state index in [4.69, 9.17) is 14.2 Å². The second-order valence-corrected chi connectivity index (χ2v) is 8.50. The molecule has 0 aliphatic carbocycles. The summed E-state index contributed by atoms with van der Waals surface area (Å²) in [6.07, 6.45) is 0.0103. The molecule has 1 heterocycles. The lowest BCUT2D eigenvalue weighted by atomic mass is 9.91. The highest BCUT2D eigenvalue weighted by atomic mass is 32.2. The summed E-state index contributed by atoms with van der Waals surface area (Å²) in [5.41, 5.74) is 1.29. The number of esters is 1. The maximum absolute atomic E-state index is 14.3. The third-order valence-electron chi connectivity index (χ3n) is 5.02. The lowest BCUT2D eigenvalue weighted by Crippen LogP contribution is -2.41. The van der Waals surface area contributed by atoms with Crippen LogP contribution in [0.4, 0.5) is 8.78 Å². The van der Waals surface area contributed by atoms with Gasteiger partial charge < -0.3 is 14.2 Å². The van der Waals surface area contributed by atoms with E-state index in [1.54, 1.807) is 12.1 Å². The first-order valence-corrected chi connectivity index (χ1v) is 10.5. The van der Waals surface area contributed by atoms with Gasteiger partial charge in [-0.1, -0.05) is 0 Å². The van der Waals surface area contributed by atoms with Gasteiger partial charge in [-0.2, -0.15) is 4.31 Å². The van der Waals surface area contributed by atoms with Crippen molar-refractivity contribution in [1.82, 2.24) is 4.31 Å². The molecule has 30 heavy (non-hydrogen) atoms. The maximum Gasteiger partial charge on any atom is 0.307 e. The van der Waals surface area contributed by atoms with Gasteiger partial charge in [0.1, 0.15) is 16.5 Å². The van der Waals surface area contributed by atoms with E-state index in [1.165, 1.54) is 21.3 Å². The zero-order valence-electron chi connectivity index (χ0n) is 16.6. The van der Waals surface area contributed by atoms with Crippen LogP contribution >= 0.6 is 0 Å². The van der Waals surface area contributed by atoms with Gasteiger partial charge in [-0.15, -0.1) is 0 Å². The first kappa shape index (κ1) is 22.0. The first-order chi connectivity index (χ1) is 14.2. The summed E-state index contributed by atoms with van der Waals surface area (Å²) in [7, 11) is -0.270. The molecule has 7 nitrogen and oxygen atoms in total. The van der Waals surface area contributed by atoms with Crippen molar-refractivity contribution in [2.45, 2.75) is 23.8 Å². The number of rotatable bonds is 6. The van der Waals surface area contributed by atoms with Crippen LogP contribution in [0.3, 0.4) is 0 Å². The Morgan fingerprint density at radius 3 is 2.37 bits per heavy atom. The van der Waals surface area contributed by atoms with Crippen molar-refractivity contribution in [2.75, 3.05) is 27.9 Å². The van der Waals surface area contributed by atoms with E-state index < -0.39 is 38.6 Å². The molecule has 0 aromatic heterocycles. The lowest BCUT2D eigenvalue weighted by Gasteiger charge is -2.36. The molecular weight excluding hydrogens is 420 g/mol. The van der Waals surface area contributed by atoms with Crippen molar-refractivity contribution in [3.8, 4) is 11.5 Å². The zero-order valence-corrected chi connectivity index (χ0v) is 17.5. The third-order valence-corrected chi connectivity index (χ3v) is 6.96. The van der Waals surface area contributed by atoms with Crippen molar-refractivity contribution < 1.29 is 36.2 Å². The molecule has 162 valence electrons. The summed E-state index contributed by atoms with van der Waals surface area (Å²) in [6, 6.07) is 4.62. The van der Waals surface area contributed by atoms with Gasteiger partial charge >= 0.3 is 5.97 Å². The molecule has 0 N–H and O–H groups in total. The van der Waals surface area contributed by atoms with Gasteiger partial charge in [-0.05, 0) is 41.8 Å². The van der Waals surface area contributed by atoms with Crippen LogP contribution in [-0.2, 0) is 26.0 Å². The highest BCUT2D eigenvalue weighted by Gasteiger charge is 2.39. The lowest BCUT2D eigenvalue weighted by molar-refractivity contribution is -0.141. The number of ether oxygens (including phenoxy) is 3. The van der Waals surface area contributed by atoms with Crippen molar-refractivity contribution in [3.63, 3.8) is 0 Å². The quantitative estimate of drug-likeness (QED) is 0.642. The van der Waals surface area contributed by atoms with Crippen LogP contribution in [-0.4, -0.2) is 46.6 Å².